The van der Waals surface area contributed by atoms with Crippen LogP contribution >= 0.6 is 0 Å². The van der Waals surface area contributed by atoms with E-state index in [0.29, 0.717) is 17.0 Å². The molecule has 0 atom stereocenters. The Hall–Kier alpha value is -3.12. The summed E-state index contributed by atoms with van der Waals surface area (Å²) in [7, 11) is -3.80. The quantitative estimate of drug-likeness (QED) is 0.559. The molecule has 3 rings (SSSR count). The molecular formula is C23H23NO4S. The van der Waals surface area contributed by atoms with E-state index in [1.165, 1.54) is 0 Å². The molecule has 0 unspecified atom stereocenters. The normalized spacial score (nSPS) is 11.1. The maximum Gasteiger partial charge on any atom is 0.262 e. The first-order valence-corrected chi connectivity index (χ1v) is 10.7. The largest absolute Gasteiger partial charge is 0.486 e. The van der Waals surface area contributed by atoms with E-state index >= 15 is 0 Å². The Morgan fingerprint density at radius 3 is 2.41 bits per heavy atom. The summed E-state index contributed by atoms with van der Waals surface area (Å²) in [6.45, 7) is 3.96. The first kappa shape index (κ1) is 20.6. The molecule has 5 nitrogen and oxygen atoms in total. The summed E-state index contributed by atoms with van der Waals surface area (Å²) >= 11 is 0. The highest BCUT2D eigenvalue weighted by Crippen LogP contribution is 2.34. The Kier molecular flexibility index (Phi) is 6.34. The number of ether oxygens (including phenoxy) is 1. The minimum atomic E-state index is -3.80. The molecule has 3 aromatic rings. The Morgan fingerprint density at radius 2 is 1.72 bits per heavy atom. The molecule has 0 amide bonds. The summed E-state index contributed by atoms with van der Waals surface area (Å²) in [6, 6.07) is 19.7. The summed E-state index contributed by atoms with van der Waals surface area (Å²) in [5.41, 5.74) is 3.63. The molecule has 1 N–H and O–H groups in total. The third-order valence-corrected chi connectivity index (χ3v) is 5.92. The molecule has 0 heterocycles. The predicted octanol–water partition coefficient (Wildman–Crippen LogP) is 4.42. The van der Waals surface area contributed by atoms with E-state index in [4.69, 9.17) is 4.74 Å². The predicted molar refractivity (Wildman–Crippen MR) is 114 cm³/mol. The fourth-order valence-corrected chi connectivity index (χ4v) is 4.19. The van der Waals surface area contributed by atoms with Crippen LogP contribution in [0.15, 0.2) is 71.6 Å². The number of carbonyl (C=O) groups is 1. The zero-order valence-corrected chi connectivity index (χ0v) is 17.2. The van der Waals surface area contributed by atoms with Crippen LogP contribution in [0.2, 0.25) is 0 Å². The topological polar surface area (TPSA) is 72.5 Å². The Morgan fingerprint density at radius 1 is 0.966 bits per heavy atom. The van der Waals surface area contributed by atoms with Gasteiger partial charge in [-0.15, -0.1) is 0 Å². The van der Waals surface area contributed by atoms with Gasteiger partial charge in [-0.05, 0) is 48.7 Å². The lowest BCUT2D eigenvalue weighted by molar-refractivity contribution is -0.107. The molecule has 0 saturated carbocycles. The zero-order valence-electron chi connectivity index (χ0n) is 16.4. The molecule has 150 valence electrons. The molecule has 0 aliphatic carbocycles. The van der Waals surface area contributed by atoms with Crippen LogP contribution in [0.25, 0.3) is 0 Å². The molecule has 0 aliphatic heterocycles. The van der Waals surface area contributed by atoms with Crippen molar-refractivity contribution in [1.82, 2.24) is 0 Å². The SMILES string of the molecule is Cc1cccc(S(=O)(=O)Nc2ccc(C)c(CC=O)c2OCc2ccccc2)c1. The highest BCUT2D eigenvalue weighted by Gasteiger charge is 2.20. The average molecular weight is 410 g/mol. The number of aryl methyl sites for hydroxylation is 2. The van der Waals surface area contributed by atoms with Crippen molar-refractivity contribution in [3.05, 3.63) is 89.0 Å². The van der Waals surface area contributed by atoms with Gasteiger partial charge in [0.1, 0.15) is 18.6 Å². The molecular weight excluding hydrogens is 386 g/mol. The van der Waals surface area contributed by atoms with E-state index in [-0.39, 0.29) is 17.9 Å². The van der Waals surface area contributed by atoms with Gasteiger partial charge in [0.15, 0.2) is 0 Å². The molecule has 0 saturated heterocycles. The van der Waals surface area contributed by atoms with Gasteiger partial charge in [-0.2, -0.15) is 0 Å². The van der Waals surface area contributed by atoms with Crippen LogP contribution in [0.3, 0.4) is 0 Å². The molecule has 0 bridgehead atoms. The van der Waals surface area contributed by atoms with Gasteiger partial charge in [0.25, 0.3) is 10.0 Å². The number of anilines is 1. The second-order valence-corrected chi connectivity index (χ2v) is 8.49. The molecule has 6 heteroatoms. The molecule has 0 radical (unpaired) electrons. The van der Waals surface area contributed by atoms with E-state index in [0.717, 1.165) is 23.0 Å². The van der Waals surface area contributed by atoms with Crippen LogP contribution < -0.4 is 9.46 Å². The van der Waals surface area contributed by atoms with E-state index in [1.54, 1.807) is 30.3 Å². The third-order valence-electron chi connectivity index (χ3n) is 4.55. The average Bonchev–Trinajstić information content (AvgIpc) is 2.70. The standard InChI is InChI=1S/C23H23NO4S/c1-17-7-6-10-20(15-17)29(26,27)24-22-12-11-18(2)21(13-14-25)23(22)28-16-19-8-4-3-5-9-19/h3-12,14-15,24H,13,16H2,1-2H3. The number of sulfonamides is 1. The molecule has 0 spiro atoms. The van der Waals surface area contributed by atoms with Crippen molar-refractivity contribution < 1.29 is 17.9 Å². The molecule has 0 fully saturated rings. The summed E-state index contributed by atoms with van der Waals surface area (Å²) in [4.78, 5) is 11.4. The highest BCUT2D eigenvalue weighted by molar-refractivity contribution is 7.92. The van der Waals surface area contributed by atoms with Crippen molar-refractivity contribution in [1.29, 1.82) is 0 Å². The van der Waals surface area contributed by atoms with E-state index in [9.17, 15) is 13.2 Å². The van der Waals surface area contributed by atoms with Gasteiger partial charge < -0.3 is 9.53 Å². The lowest BCUT2D eigenvalue weighted by Crippen LogP contribution is -2.15. The fraction of sp³-hybridized carbons (Fsp3) is 0.174. The second kappa shape index (κ2) is 8.92. The number of hydrogen-bond donors (Lipinski definition) is 1. The van der Waals surface area contributed by atoms with Gasteiger partial charge in [0.2, 0.25) is 0 Å². The number of rotatable bonds is 8. The number of aldehydes is 1. The number of benzene rings is 3. The minimum Gasteiger partial charge on any atom is -0.486 e. The van der Waals surface area contributed by atoms with Gasteiger partial charge >= 0.3 is 0 Å². The third kappa shape index (κ3) is 5.03. The van der Waals surface area contributed by atoms with Gasteiger partial charge in [0, 0.05) is 12.0 Å². The Balaban J connectivity index is 1.99. The van der Waals surface area contributed by atoms with Crippen molar-refractivity contribution in [3.63, 3.8) is 0 Å². The highest BCUT2D eigenvalue weighted by atomic mass is 32.2. The zero-order chi connectivity index (χ0) is 20.9. The molecule has 0 aliphatic rings. The lowest BCUT2D eigenvalue weighted by atomic mass is 10.0. The van der Waals surface area contributed by atoms with Gasteiger partial charge in [0.05, 0.1) is 10.6 Å². The number of nitrogens with one attached hydrogen (secondary N) is 1. The molecule has 3 aromatic carbocycles. The summed E-state index contributed by atoms with van der Waals surface area (Å²) < 4.78 is 34.4. The van der Waals surface area contributed by atoms with Crippen LogP contribution in [0.5, 0.6) is 5.75 Å². The van der Waals surface area contributed by atoms with E-state index in [1.807, 2.05) is 50.2 Å². The first-order chi connectivity index (χ1) is 13.9. The van der Waals surface area contributed by atoms with Crippen LogP contribution in [-0.2, 0) is 27.8 Å². The van der Waals surface area contributed by atoms with Crippen LogP contribution in [0.4, 0.5) is 5.69 Å². The smallest absolute Gasteiger partial charge is 0.262 e. The van der Waals surface area contributed by atoms with Gasteiger partial charge in [-0.25, -0.2) is 8.42 Å². The van der Waals surface area contributed by atoms with Gasteiger partial charge in [-0.3, -0.25) is 4.72 Å². The molecule has 0 aromatic heterocycles. The second-order valence-electron chi connectivity index (χ2n) is 6.80. The first-order valence-electron chi connectivity index (χ1n) is 9.23. The maximum absolute atomic E-state index is 12.9. The van der Waals surface area contributed by atoms with Crippen molar-refractivity contribution in [2.45, 2.75) is 31.8 Å². The minimum absolute atomic E-state index is 0.135. The number of carbonyl (C=O) groups excluding carboxylic acids is 1. The van der Waals surface area contributed by atoms with Crippen LogP contribution in [0, 0.1) is 13.8 Å². The van der Waals surface area contributed by atoms with E-state index in [2.05, 4.69) is 4.72 Å². The van der Waals surface area contributed by atoms with Gasteiger partial charge in [-0.1, -0.05) is 48.5 Å². The summed E-state index contributed by atoms with van der Waals surface area (Å²) in [5, 5.41) is 0. The lowest BCUT2D eigenvalue weighted by Gasteiger charge is -2.18. The van der Waals surface area contributed by atoms with Crippen LogP contribution in [0.1, 0.15) is 22.3 Å². The monoisotopic (exact) mass is 409 g/mol. The maximum atomic E-state index is 12.9. The van der Waals surface area contributed by atoms with Crippen LogP contribution in [-0.4, -0.2) is 14.7 Å². The summed E-state index contributed by atoms with van der Waals surface area (Å²) in [5.74, 6) is 0.372. The van der Waals surface area contributed by atoms with Crippen molar-refractivity contribution in [3.8, 4) is 5.75 Å². The fourth-order valence-electron chi connectivity index (χ4n) is 3.02. The molecule has 29 heavy (non-hydrogen) atoms. The summed E-state index contributed by atoms with van der Waals surface area (Å²) in [6.07, 6.45) is 0.923. The van der Waals surface area contributed by atoms with E-state index < -0.39 is 10.0 Å². The van der Waals surface area contributed by atoms with Crippen molar-refractivity contribution in [2.24, 2.45) is 0 Å². The van der Waals surface area contributed by atoms with Crippen molar-refractivity contribution >= 4 is 22.0 Å². The Bertz CT molecular complexity index is 1110. The van der Waals surface area contributed by atoms with Crippen molar-refractivity contribution in [2.75, 3.05) is 4.72 Å². The Labute approximate surface area is 171 Å². The number of hydrogen-bond acceptors (Lipinski definition) is 4.